The number of ether oxygens (including phenoxy) is 2. The third kappa shape index (κ3) is 3.93. The minimum Gasteiger partial charge on any atom is -0.493 e. The fraction of sp³-hybridized carbons (Fsp3) is 0.136. The van der Waals surface area contributed by atoms with Crippen molar-refractivity contribution in [3.05, 3.63) is 87.7 Å². The Labute approximate surface area is 173 Å². The van der Waals surface area contributed by atoms with Gasteiger partial charge in [-0.25, -0.2) is 4.98 Å². The Morgan fingerprint density at radius 2 is 1.82 bits per heavy atom. The van der Waals surface area contributed by atoms with E-state index in [0.29, 0.717) is 28.2 Å². The van der Waals surface area contributed by atoms with Gasteiger partial charge in [0, 0.05) is 17.8 Å². The molecule has 4 rings (SSSR count). The molecule has 0 unspecified atom stereocenters. The summed E-state index contributed by atoms with van der Waals surface area (Å²) in [5.74, 6) is 1.37. The van der Waals surface area contributed by atoms with Crippen molar-refractivity contribution in [3.8, 4) is 11.5 Å². The number of methoxy groups -OCH3 is 1. The van der Waals surface area contributed by atoms with Crippen LogP contribution < -0.4 is 9.47 Å². The van der Waals surface area contributed by atoms with Crippen molar-refractivity contribution in [2.45, 2.75) is 13.0 Å². The molecule has 0 radical (unpaired) electrons. The topological polar surface area (TPSA) is 47.1 Å². The van der Waals surface area contributed by atoms with Gasteiger partial charge in [-0.1, -0.05) is 35.3 Å². The Morgan fingerprint density at radius 3 is 2.64 bits per heavy atom. The number of benzene rings is 2. The number of fused-ring (bicyclic) bond motifs is 1. The predicted molar refractivity (Wildman–Crippen MR) is 113 cm³/mol. The minimum absolute atomic E-state index is 0.376. The van der Waals surface area contributed by atoms with Gasteiger partial charge in [0.2, 0.25) is 0 Å². The fourth-order valence-electron chi connectivity index (χ4n) is 3.11. The predicted octanol–water partition coefficient (Wildman–Crippen LogP) is 6.05. The van der Waals surface area contributed by atoms with Crippen molar-refractivity contribution < 1.29 is 9.47 Å². The van der Waals surface area contributed by atoms with Crippen LogP contribution in [0, 0.1) is 0 Å². The lowest BCUT2D eigenvalue weighted by Crippen LogP contribution is -1.99. The monoisotopic (exact) mass is 412 g/mol. The van der Waals surface area contributed by atoms with E-state index in [1.165, 1.54) is 5.56 Å². The maximum atomic E-state index is 6.06. The number of pyridine rings is 1. The first-order chi connectivity index (χ1) is 13.6. The van der Waals surface area contributed by atoms with E-state index < -0.39 is 0 Å². The first-order valence-corrected chi connectivity index (χ1v) is 9.54. The van der Waals surface area contributed by atoms with E-state index in [9.17, 15) is 0 Å². The molecule has 0 aliphatic heterocycles. The highest BCUT2D eigenvalue weighted by atomic mass is 35.5. The molecule has 0 bridgehead atoms. The molecule has 0 fully saturated rings. The van der Waals surface area contributed by atoms with Crippen LogP contribution in [0.5, 0.6) is 11.5 Å². The highest BCUT2D eigenvalue weighted by Gasteiger charge is 2.10. The molecule has 0 amide bonds. The largest absolute Gasteiger partial charge is 0.493 e. The number of hydrogen-bond donors (Lipinski definition) is 1. The molecular formula is C22H18Cl2N2O2. The lowest BCUT2D eigenvalue weighted by Gasteiger charge is -2.13. The average molecular weight is 413 g/mol. The third-order valence-electron chi connectivity index (χ3n) is 4.54. The highest BCUT2D eigenvalue weighted by molar-refractivity contribution is 6.42. The molecule has 142 valence electrons. The van der Waals surface area contributed by atoms with Crippen LogP contribution in [0.3, 0.4) is 0 Å². The van der Waals surface area contributed by atoms with E-state index in [1.54, 1.807) is 25.4 Å². The van der Waals surface area contributed by atoms with Crippen LogP contribution in [-0.4, -0.2) is 17.1 Å². The van der Waals surface area contributed by atoms with E-state index >= 15 is 0 Å². The molecule has 1 N–H and O–H groups in total. The van der Waals surface area contributed by atoms with Gasteiger partial charge in [0.15, 0.2) is 11.5 Å². The Morgan fingerprint density at radius 1 is 0.964 bits per heavy atom. The number of halogens is 2. The fourth-order valence-corrected chi connectivity index (χ4v) is 3.43. The summed E-state index contributed by atoms with van der Waals surface area (Å²) in [4.78, 5) is 7.55. The summed E-state index contributed by atoms with van der Waals surface area (Å²) in [6, 6.07) is 15.4. The molecule has 6 heteroatoms. The SMILES string of the molecule is COc1cc(Cc2c[nH]c3ncccc23)ccc1OCc1ccc(Cl)c(Cl)c1. The molecule has 2 aromatic heterocycles. The molecule has 28 heavy (non-hydrogen) atoms. The number of nitrogens with zero attached hydrogens (tertiary/aromatic N) is 1. The molecule has 2 aromatic carbocycles. The second-order valence-corrected chi connectivity index (χ2v) is 7.23. The first-order valence-electron chi connectivity index (χ1n) is 8.78. The van der Waals surface area contributed by atoms with E-state index in [-0.39, 0.29) is 0 Å². The maximum Gasteiger partial charge on any atom is 0.161 e. The summed E-state index contributed by atoms with van der Waals surface area (Å²) in [6.45, 7) is 0.376. The van der Waals surface area contributed by atoms with Crippen LogP contribution in [0.4, 0.5) is 0 Å². The summed E-state index contributed by atoms with van der Waals surface area (Å²) >= 11 is 12.0. The molecule has 0 saturated heterocycles. The van der Waals surface area contributed by atoms with Crippen molar-refractivity contribution in [2.75, 3.05) is 7.11 Å². The van der Waals surface area contributed by atoms with Gasteiger partial charge in [-0.15, -0.1) is 0 Å². The van der Waals surface area contributed by atoms with Crippen molar-refractivity contribution in [1.82, 2.24) is 9.97 Å². The number of hydrogen-bond acceptors (Lipinski definition) is 3. The number of H-pyrrole nitrogens is 1. The van der Waals surface area contributed by atoms with Crippen LogP contribution in [0.1, 0.15) is 16.7 Å². The summed E-state index contributed by atoms with van der Waals surface area (Å²) in [5, 5.41) is 2.17. The van der Waals surface area contributed by atoms with Gasteiger partial charge in [0.05, 0.1) is 17.2 Å². The molecule has 0 aliphatic rings. The highest BCUT2D eigenvalue weighted by Crippen LogP contribution is 2.31. The zero-order valence-corrected chi connectivity index (χ0v) is 16.7. The van der Waals surface area contributed by atoms with Gasteiger partial charge in [0.1, 0.15) is 12.3 Å². The molecule has 0 spiro atoms. The Balaban J connectivity index is 1.51. The van der Waals surface area contributed by atoms with E-state index in [4.69, 9.17) is 32.7 Å². The Bertz CT molecular complexity index is 1120. The van der Waals surface area contributed by atoms with Gasteiger partial charge in [0.25, 0.3) is 0 Å². The quantitative estimate of drug-likeness (QED) is 0.419. The standard InChI is InChI=1S/C22H18Cl2N2O2/c1-27-21-11-14(9-16-12-26-22-17(16)3-2-8-25-22)5-7-20(21)28-13-15-4-6-18(23)19(24)10-15/h2-8,10-12H,9,13H2,1H3,(H,25,26). The number of rotatable bonds is 6. The van der Waals surface area contributed by atoms with E-state index in [2.05, 4.69) is 16.0 Å². The van der Waals surface area contributed by atoms with Crippen LogP contribution >= 0.6 is 23.2 Å². The molecule has 0 saturated carbocycles. The number of aromatic nitrogens is 2. The van der Waals surface area contributed by atoms with Crippen LogP contribution in [0.25, 0.3) is 11.0 Å². The van der Waals surface area contributed by atoms with Crippen LogP contribution in [-0.2, 0) is 13.0 Å². The average Bonchev–Trinajstić information content (AvgIpc) is 3.12. The molecule has 4 aromatic rings. The van der Waals surface area contributed by atoms with Crippen molar-refractivity contribution >= 4 is 34.2 Å². The number of aromatic amines is 1. The molecule has 0 aliphatic carbocycles. The van der Waals surface area contributed by atoms with Crippen LogP contribution in [0.2, 0.25) is 10.0 Å². The summed E-state index contributed by atoms with van der Waals surface area (Å²) in [7, 11) is 1.64. The maximum absolute atomic E-state index is 6.06. The number of nitrogens with one attached hydrogen (secondary N) is 1. The third-order valence-corrected chi connectivity index (χ3v) is 5.28. The molecule has 4 nitrogen and oxygen atoms in total. The molecular weight excluding hydrogens is 395 g/mol. The van der Waals surface area contributed by atoms with Crippen molar-refractivity contribution in [3.63, 3.8) is 0 Å². The minimum atomic E-state index is 0.376. The van der Waals surface area contributed by atoms with E-state index in [1.807, 2.05) is 36.5 Å². The zero-order chi connectivity index (χ0) is 19.5. The van der Waals surface area contributed by atoms with Gasteiger partial charge >= 0.3 is 0 Å². The van der Waals surface area contributed by atoms with Gasteiger partial charge in [-0.2, -0.15) is 0 Å². The molecule has 2 heterocycles. The smallest absolute Gasteiger partial charge is 0.161 e. The van der Waals surface area contributed by atoms with E-state index in [0.717, 1.165) is 28.6 Å². The molecule has 0 atom stereocenters. The summed E-state index contributed by atoms with van der Waals surface area (Å²) in [5.41, 5.74) is 4.15. The van der Waals surface area contributed by atoms with Gasteiger partial charge < -0.3 is 14.5 Å². The van der Waals surface area contributed by atoms with Gasteiger partial charge in [-0.05, 0) is 59.5 Å². The summed E-state index contributed by atoms with van der Waals surface area (Å²) < 4.78 is 11.5. The van der Waals surface area contributed by atoms with Crippen molar-refractivity contribution in [2.24, 2.45) is 0 Å². The second kappa shape index (κ2) is 8.13. The zero-order valence-electron chi connectivity index (χ0n) is 15.2. The normalized spacial score (nSPS) is 11.0. The Kier molecular flexibility index (Phi) is 5.42. The van der Waals surface area contributed by atoms with Crippen LogP contribution in [0.15, 0.2) is 60.9 Å². The van der Waals surface area contributed by atoms with Crippen molar-refractivity contribution in [1.29, 1.82) is 0 Å². The first kappa shape index (κ1) is 18.7. The summed E-state index contributed by atoms with van der Waals surface area (Å²) in [6.07, 6.45) is 4.56. The Hall–Kier alpha value is -2.69. The second-order valence-electron chi connectivity index (χ2n) is 6.41. The van der Waals surface area contributed by atoms with Gasteiger partial charge in [-0.3, -0.25) is 0 Å². The lowest BCUT2D eigenvalue weighted by atomic mass is 10.0. The lowest BCUT2D eigenvalue weighted by molar-refractivity contribution is 0.284.